The molecule has 0 aliphatic rings. The number of furan rings is 1. The molecule has 0 saturated carbocycles. The zero-order chi connectivity index (χ0) is 10.6. The highest BCUT2D eigenvalue weighted by Gasteiger charge is 2.16. The van der Waals surface area contributed by atoms with Crippen molar-refractivity contribution in [3.63, 3.8) is 0 Å². The summed E-state index contributed by atoms with van der Waals surface area (Å²) in [6.07, 6.45) is 2.14. The average Bonchev–Trinajstić information content (AvgIpc) is 2.53. The summed E-state index contributed by atoms with van der Waals surface area (Å²) in [5.74, 6) is 0.780. The minimum atomic E-state index is -3.17. The van der Waals surface area contributed by atoms with Gasteiger partial charge in [0.2, 0.25) is 10.0 Å². The first kappa shape index (κ1) is 11.3. The van der Waals surface area contributed by atoms with Gasteiger partial charge < -0.3 is 4.42 Å². The maximum Gasteiger partial charge on any atom is 0.212 e. The van der Waals surface area contributed by atoms with Gasteiger partial charge in [0.1, 0.15) is 5.76 Å². The average molecular weight is 217 g/mol. The van der Waals surface area contributed by atoms with E-state index in [1.807, 2.05) is 6.92 Å². The van der Waals surface area contributed by atoms with Crippen molar-refractivity contribution in [1.29, 1.82) is 0 Å². The van der Waals surface area contributed by atoms with Crippen LogP contribution in [0.4, 0.5) is 0 Å². The monoisotopic (exact) mass is 217 g/mol. The van der Waals surface area contributed by atoms with Crippen LogP contribution in [0.3, 0.4) is 0 Å². The Morgan fingerprint density at radius 3 is 2.79 bits per heavy atom. The number of hydrogen-bond donors (Lipinski definition) is 1. The highest BCUT2D eigenvalue weighted by atomic mass is 32.2. The van der Waals surface area contributed by atoms with Crippen LogP contribution in [0.2, 0.25) is 0 Å². The van der Waals surface area contributed by atoms with Crippen LogP contribution < -0.4 is 4.72 Å². The van der Waals surface area contributed by atoms with Crippen molar-refractivity contribution in [2.45, 2.75) is 26.3 Å². The van der Waals surface area contributed by atoms with Gasteiger partial charge in [-0.1, -0.05) is 6.92 Å². The van der Waals surface area contributed by atoms with Crippen LogP contribution in [0.15, 0.2) is 22.8 Å². The van der Waals surface area contributed by atoms with Gasteiger partial charge in [0, 0.05) is 0 Å². The number of rotatable bonds is 5. The van der Waals surface area contributed by atoms with Gasteiger partial charge in [-0.3, -0.25) is 0 Å². The molecular weight excluding hydrogens is 202 g/mol. The lowest BCUT2D eigenvalue weighted by Crippen LogP contribution is -2.28. The maximum atomic E-state index is 11.4. The summed E-state index contributed by atoms with van der Waals surface area (Å²) in [6.45, 7) is 3.59. The van der Waals surface area contributed by atoms with Crippen LogP contribution in [0.5, 0.6) is 0 Å². The van der Waals surface area contributed by atoms with Gasteiger partial charge in [0.05, 0.1) is 18.1 Å². The third-order valence-corrected chi connectivity index (χ3v) is 3.46. The van der Waals surface area contributed by atoms with E-state index in [-0.39, 0.29) is 11.8 Å². The van der Waals surface area contributed by atoms with E-state index in [0.717, 1.165) is 0 Å². The summed E-state index contributed by atoms with van der Waals surface area (Å²) in [5.41, 5.74) is 0. The largest absolute Gasteiger partial charge is 0.468 e. The third kappa shape index (κ3) is 3.16. The van der Waals surface area contributed by atoms with E-state index in [1.54, 1.807) is 19.1 Å². The molecule has 80 valence electrons. The second-order valence-electron chi connectivity index (χ2n) is 3.17. The van der Waals surface area contributed by atoms with Crippen molar-refractivity contribution < 1.29 is 12.8 Å². The molecule has 0 unspecified atom stereocenters. The van der Waals surface area contributed by atoms with E-state index < -0.39 is 10.0 Å². The van der Waals surface area contributed by atoms with E-state index in [9.17, 15) is 8.42 Å². The highest BCUT2D eigenvalue weighted by molar-refractivity contribution is 7.89. The highest BCUT2D eigenvalue weighted by Crippen LogP contribution is 2.13. The Kier molecular flexibility index (Phi) is 3.71. The fourth-order valence-corrected chi connectivity index (χ4v) is 2.50. The summed E-state index contributed by atoms with van der Waals surface area (Å²) in [7, 11) is -3.17. The molecule has 0 amide bonds. The molecule has 1 heterocycles. The first-order valence-corrected chi connectivity index (χ1v) is 6.24. The van der Waals surface area contributed by atoms with Gasteiger partial charge in [0.15, 0.2) is 0 Å². The van der Waals surface area contributed by atoms with E-state index in [1.165, 1.54) is 6.26 Å². The maximum absolute atomic E-state index is 11.4. The molecule has 14 heavy (non-hydrogen) atoms. The van der Waals surface area contributed by atoms with Crippen molar-refractivity contribution in [3.8, 4) is 0 Å². The minimum Gasteiger partial charge on any atom is -0.468 e. The third-order valence-electron chi connectivity index (χ3n) is 1.80. The molecule has 1 atom stereocenters. The Balaban J connectivity index is 2.61. The quantitative estimate of drug-likeness (QED) is 0.816. The zero-order valence-electron chi connectivity index (χ0n) is 8.36. The fraction of sp³-hybridized carbons (Fsp3) is 0.556. The molecule has 0 aliphatic heterocycles. The molecule has 0 saturated heterocycles. The molecule has 1 N–H and O–H groups in total. The molecule has 5 heteroatoms. The molecule has 0 aliphatic carbocycles. The van der Waals surface area contributed by atoms with Crippen LogP contribution in [0.25, 0.3) is 0 Å². The first-order chi connectivity index (χ1) is 6.55. The summed E-state index contributed by atoms with van der Waals surface area (Å²) in [6, 6.07) is 3.18. The smallest absolute Gasteiger partial charge is 0.212 e. The summed E-state index contributed by atoms with van der Waals surface area (Å²) in [4.78, 5) is 0. The van der Waals surface area contributed by atoms with Crippen LogP contribution in [0.1, 0.15) is 32.1 Å². The molecule has 0 radical (unpaired) electrons. The standard InChI is InChI=1S/C9H15NO3S/c1-3-7-14(11,12)10-8(2)9-5-4-6-13-9/h4-6,8,10H,3,7H2,1-2H3/t8-/m0/s1. The first-order valence-electron chi connectivity index (χ1n) is 4.58. The van der Waals surface area contributed by atoms with E-state index in [2.05, 4.69) is 4.72 Å². The molecule has 0 fully saturated rings. The molecule has 1 rings (SSSR count). The Morgan fingerprint density at radius 1 is 1.57 bits per heavy atom. The second kappa shape index (κ2) is 4.61. The number of hydrogen-bond acceptors (Lipinski definition) is 3. The molecule has 1 aromatic heterocycles. The van der Waals surface area contributed by atoms with Gasteiger partial charge in [-0.25, -0.2) is 13.1 Å². The van der Waals surface area contributed by atoms with Gasteiger partial charge in [-0.15, -0.1) is 0 Å². The molecular formula is C9H15NO3S. The van der Waals surface area contributed by atoms with Crippen molar-refractivity contribution in [2.75, 3.05) is 5.75 Å². The zero-order valence-corrected chi connectivity index (χ0v) is 9.17. The number of nitrogens with one attached hydrogen (secondary N) is 1. The van der Waals surface area contributed by atoms with Crippen LogP contribution in [-0.2, 0) is 10.0 Å². The topological polar surface area (TPSA) is 59.3 Å². The van der Waals surface area contributed by atoms with Crippen LogP contribution >= 0.6 is 0 Å². The molecule has 0 aromatic carbocycles. The van der Waals surface area contributed by atoms with Crippen LogP contribution in [0, 0.1) is 0 Å². The number of sulfonamides is 1. The predicted octanol–water partition coefficient (Wildman–Crippen LogP) is 1.67. The van der Waals surface area contributed by atoms with Gasteiger partial charge >= 0.3 is 0 Å². The summed E-state index contributed by atoms with van der Waals surface area (Å²) < 4.78 is 30.4. The van der Waals surface area contributed by atoms with Crippen molar-refractivity contribution in [1.82, 2.24) is 4.72 Å². The second-order valence-corrected chi connectivity index (χ2v) is 5.05. The van der Waals surface area contributed by atoms with Crippen LogP contribution in [-0.4, -0.2) is 14.2 Å². The van der Waals surface area contributed by atoms with Gasteiger partial charge in [-0.2, -0.15) is 0 Å². The Morgan fingerprint density at radius 2 is 2.29 bits per heavy atom. The lowest BCUT2D eigenvalue weighted by atomic mass is 10.3. The summed E-state index contributed by atoms with van der Waals surface area (Å²) in [5, 5.41) is 0. The van der Waals surface area contributed by atoms with Crippen molar-refractivity contribution >= 4 is 10.0 Å². The molecule has 4 nitrogen and oxygen atoms in total. The van der Waals surface area contributed by atoms with E-state index in [0.29, 0.717) is 12.2 Å². The van der Waals surface area contributed by atoms with E-state index in [4.69, 9.17) is 4.42 Å². The normalized spacial score (nSPS) is 14.1. The Hall–Kier alpha value is -0.810. The Bertz CT molecular complexity index is 355. The molecule has 0 spiro atoms. The van der Waals surface area contributed by atoms with Gasteiger partial charge in [-0.05, 0) is 25.5 Å². The SMILES string of the molecule is CCCS(=O)(=O)N[C@@H](C)c1ccco1. The molecule has 0 bridgehead atoms. The van der Waals surface area contributed by atoms with Crippen molar-refractivity contribution in [3.05, 3.63) is 24.2 Å². The summed E-state index contributed by atoms with van der Waals surface area (Å²) >= 11 is 0. The van der Waals surface area contributed by atoms with Gasteiger partial charge in [0.25, 0.3) is 0 Å². The Labute approximate surface area is 84.4 Å². The predicted molar refractivity (Wildman–Crippen MR) is 54.3 cm³/mol. The minimum absolute atomic E-state index is 0.151. The molecule has 1 aromatic rings. The van der Waals surface area contributed by atoms with Crippen molar-refractivity contribution in [2.24, 2.45) is 0 Å². The van der Waals surface area contributed by atoms with E-state index >= 15 is 0 Å². The lowest BCUT2D eigenvalue weighted by Gasteiger charge is -2.10. The lowest BCUT2D eigenvalue weighted by molar-refractivity contribution is 0.459. The fourth-order valence-electron chi connectivity index (χ4n) is 1.19.